The molecule has 2 aromatic carbocycles. The van der Waals surface area contributed by atoms with Gasteiger partial charge in [0.05, 0.1) is 23.8 Å². The van der Waals surface area contributed by atoms with Crippen LogP contribution in [0.5, 0.6) is 5.75 Å². The molecule has 2 heterocycles. The quantitative estimate of drug-likeness (QED) is 0.504. The molecule has 0 spiro atoms. The van der Waals surface area contributed by atoms with Gasteiger partial charge in [0.25, 0.3) is 0 Å². The largest absolute Gasteiger partial charge is 0.496 e. The van der Waals surface area contributed by atoms with E-state index in [4.69, 9.17) is 9.47 Å². The Balaban J connectivity index is 1.68. The number of nitrogens with one attached hydrogen (secondary N) is 1. The highest BCUT2D eigenvalue weighted by atomic mass is 19.4. The van der Waals surface area contributed by atoms with Gasteiger partial charge in [0, 0.05) is 24.5 Å². The predicted octanol–water partition coefficient (Wildman–Crippen LogP) is 5.75. The van der Waals surface area contributed by atoms with Gasteiger partial charge in [-0.1, -0.05) is 12.1 Å². The summed E-state index contributed by atoms with van der Waals surface area (Å²) >= 11 is 0. The number of carbonyl (C=O) groups is 1. The van der Waals surface area contributed by atoms with Crippen LogP contribution >= 0.6 is 0 Å². The number of anilines is 1. The van der Waals surface area contributed by atoms with Gasteiger partial charge in [0.2, 0.25) is 0 Å². The van der Waals surface area contributed by atoms with Crippen molar-refractivity contribution >= 4 is 22.8 Å². The number of carbonyl (C=O) groups excluding carboxylic acids is 1. The van der Waals surface area contributed by atoms with Crippen molar-refractivity contribution < 1.29 is 27.4 Å². The normalized spacial score (nSPS) is 16.4. The summed E-state index contributed by atoms with van der Waals surface area (Å²) in [7, 11) is 1.39. The Morgan fingerprint density at radius 2 is 1.86 bits per heavy atom. The molecule has 1 N–H and O–H groups in total. The number of methoxy groups -OCH3 is 1. The molecule has 1 atom stereocenters. The van der Waals surface area contributed by atoms with Crippen molar-refractivity contribution in [2.24, 2.45) is 0 Å². The number of amides is 1. The minimum Gasteiger partial charge on any atom is -0.496 e. The minimum atomic E-state index is -4.52. The minimum absolute atomic E-state index is 0.108. The first-order chi connectivity index (χ1) is 16.4. The Morgan fingerprint density at radius 1 is 1.11 bits per heavy atom. The molecular formula is C25H27F3N4O3. The fraction of sp³-hybridized carbons (Fsp3) is 0.400. The van der Waals surface area contributed by atoms with Crippen molar-refractivity contribution in [1.29, 1.82) is 0 Å². The van der Waals surface area contributed by atoms with Gasteiger partial charge in [-0.05, 0) is 57.5 Å². The molecule has 1 aliphatic heterocycles. The average Bonchev–Trinajstić information content (AvgIpc) is 3.25. The second-order valence-electron chi connectivity index (χ2n) is 9.38. The molecule has 3 aromatic rings. The predicted molar refractivity (Wildman–Crippen MR) is 126 cm³/mol. The van der Waals surface area contributed by atoms with Crippen LogP contribution in [0.25, 0.3) is 22.3 Å². The van der Waals surface area contributed by atoms with Gasteiger partial charge in [-0.2, -0.15) is 13.2 Å². The molecule has 1 aliphatic rings. The molecule has 4 rings (SSSR count). The fourth-order valence-corrected chi connectivity index (χ4v) is 3.93. The summed E-state index contributed by atoms with van der Waals surface area (Å²) in [5.41, 5.74) is -0.701. The third kappa shape index (κ3) is 5.58. The Kier molecular flexibility index (Phi) is 6.48. The second-order valence-corrected chi connectivity index (χ2v) is 9.38. The summed E-state index contributed by atoms with van der Waals surface area (Å²) in [5.74, 6) is 0.813. The van der Waals surface area contributed by atoms with Crippen LogP contribution in [0.3, 0.4) is 0 Å². The first-order valence-corrected chi connectivity index (χ1v) is 11.2. The number of hydrogen-bond acceptors (Lipinski definition) is 6. The highest BCUT2D eigenvalue weighted by Gasteiger charge is 2.32. The Bertz CT molecular complexity index is 1240. The van der Waals surface area contributed by atoms with Gasteiger partial charge >= 0.3 is 12.3 Å². The maximum atomic E-state index is 13.4. The molecule has 186 valence electrons. The number of para-hydroxylation sites is 1. The number of rotatable bonds is 4. The van der Waals surface area contributed by atoms with Gasteiger partial charge in [0.1, 0.15) is 17.2 Å². The lowest BCUT2D eigenvalue weighted by Gasteiger charge is -2.24. The Labute approximate surface area is 201 Å². The molecule has 7 nitrogen and oxygen atoms in total. The molecular weight excluding hydrogens is 461 g/mol. The zero-order valence-electron chi connectivity index (χ0n) is 19.9. The van der Waals surface area contributed by atoms with Crippen molar-refractivity contribution in [3.8, 4) is 17.1 Å². The molecule has 1 aromatic heterocycles. The molecule has 35 heavy (non-hydrogen) atoms. The summed E-state index contributed by atoms with van der Waals surface area (Å²) in [6, 6.07) is 10.4. The van der Waals surface area contributed by atoms with E-state index < -0.39 is 17.3 Å². The lowest BCUT2D eigenvalue weighted by Crippen LogP contribution is -2.36. The number of alkyl halides is 3. The summed E-state index contributed by atoms with van der Waals surface area (Å²) < 4.78 is 50.9. The molecule has 0 radical (unpaired) electrons. The first-order valence-electron chi connectivity index (χ1n) is 11.2. The Hall–Kier alpha value is -3.56. The van der Waals surface area contributed by atoms with Crippen molar-refractivity contribution in [3.63, 3.8) is 0 Å². The van der Waals surface area contributed by atoms with Crippen LogP contribution in [0.1, 0.15) is 32.8 Å². The molecule has 0 bridgehead atoms. The molecule has 1 amide bonds. The number of benzene rings is 2. The number of halogens is 3. The highest BCUT2D eigenvalue weighted by molar-refractivity contribution is 5.91. The standard InChI is InChI=1S/C25H27F3N4O3/c1-24(2,3)35-23(33)32-12-11-16(14-32)29-21-17-7-5-6-8-19(17)30-22(31-21)18-13-15(25(26,27)28)9-10-20(18)34-4/h5-10,13,16H,11-12,14H2,1-4H3,(H,29,30,31)/t16-/m0/s1. The van der Waals surface area contributed by atoms with Gasteiger partial charge in [0.15, 0.2) is 5.82 Å². The van der Waals surface area contributed by atoms with E-state index in [0.29, 0.717) is 30.8 Å². The number of likely N-dealkylation sites (tertiary alicyclic amines) is 1. The maximum absolute atomic E-state index is 13.4. The Morgan fingerprint density at radius 3 is 2.54 bits per heavy atom. The number of ether oxygens (including phenoxy) is 2. The SMILES string of the molecule is COc1ccc(C(F)(F)F)cc1-c1nc(N[C@H]2CCN(C(=O)OC(C)(C)C)C2)c2ccccc2n1. The van der Waals surface area contributed by atoms with Crippen molar-refractivity contribution in [2.75, 3.05) is 25.5 Å². The van der Waals surface area contributed by atoms with E-state index >= 15 is 0 Å². The number of hydrogen-bond donors (Lipinski definition) is 1. The topological polar surface area (TPSA) is 76.6 Å². The van der Waals surface area contributed by atoms with E-state index in [1.54, 1.807) is 17.0 Å². The van der Waals surface area contributed by atoms with Crippen LogP contribution in [0.4, 0.5) is 23.8 Å². The van der Waals surface area contributed by atoms with Crippen molar-refractivity contribution in [2.45, 2.75) is 45.0 Å². The van der Waals surface area contributed by atoms with E-state index in [0.717, 1.165) is 17.5 Å². The molecule has 0 unspecified atom stereocenters. The molecule has 0 saturated carbocycles. The average molecular weight is 489 g/mol. The third-order valence-corrected chi connectivity index (χ3v) is 5.55. The summed E-state index contributed by atoms with van der Waals surface area (Å²) in [5, 5.41) is 4.08. The van der Waals surface area contributed by atoms with Crippen molar-refractivity contribution in [3.05, 3.63) is 48.0 Å². The number of nitrogens with zero attached hydrogens (tertiary/aromatic N) is 3. The van der Waals surface area contributed by atoms with Gasteiger partial charge in [-0.15, -0.1) is 0 Å². The van der Waals surface area contributed by atoms with Crippen LogP contribution in [0.15, 0.2) is 42.5 Å². The van der Waals surface area contributed by atoms with E-state index in [-0.39, 0.29) is 29.3 Å². The number of fused-ring (bicyclic) bond motifs is 1. The lowest BCUT2D eigenvalue weighted by molar-refractivity contribution is -0.137. The third-order valence-electron chi connectivity index (χ3n) is 5.55. The van der Waals surface area contributed by atoms with E-state index in [2.05, 4.69) is 15.3 Å². The van der Waals surface area contributed by atoms with Crippen LogP contribution in [0.2, 0.25) is 0 Å². The van der Waals surface area contributed by atoms with Crippen LogP contribution in [0, 0.1) is 0 Å². The summed E-state index contributed by atoms with van der Waals surface area (Å²) in [4.78, 5) is 23.2. The molecule has 0 aliphatic carbocycles. The summed E-state index contributed by atoms with van der Waals surface area (Å²) in [6.07, 6.45) is -4.24. The van der Waals surface area contributed by atoms with Gasteiger partial charge < -0.3 is 19.7 Å². The highest BCUT2D eigenvalue weighted by Crippen LogP contribution is 2.37. The van der Waals surface area contributed by atoms with E-state index in [1.807, 2.05) is 32.9 Å². The fourth-order valence-electron chi connectivity index (χ4n) is 3.93. The first kappa shape index (κ1) is 24.6. The second kappa shape index (κ2) is 9.24. The van der Waals surface area contributed by atoms with Crippen LogP contribution in [-0.4, -0.2) is 52.8 Å². The number of aromatic nitrogens is 2. The van der Waals surface area contributed by atoms with Crippen molar-refractivity contribution in [1.82, 2.24) is 14.9 Å². The van der Waals surface area contributed by atoms with Crippen LogP contribution in [-0.2, 0) is 10.9 Å². The van der Waals surface area contributed by atoms with Gasteiger partial charge in [-0.3, -0.25) is 0 Å². The molecule has 10 heteroatoms. The molecule has 1 saturated heterocycles. The maximum Gasteiger partial charge on any atom is 0.416 e. The van der Waals surface area contributed by atoms with Crippen LogP contribution < -0.4 is 10.1 Å². The zero-order chi connectivity index (χ0) is 25.4. The lowest BCUT2D eigenvalue weighted by atomic mass is 10.1. The van der Waals surface area contributed by atoms with Gasteiger partial charge in [-0.25, -0.2) is 14.8 Å². The summed E-state index contributed by atoms with van der Waals surface area (Å²) in [6.45, 7) is 6.37. The molecule has 1 fully saturated rings. The smallest absolute Gasteiger partial charge is 0.416 e. The zero-order valence-corrected chi connectivity index (χ0v) is 19.9. The van der Waals surface area contributed by atoms with E-state index in [9.17, 15) is 18.0 Å². The monoisotopic (exact) mass is 488 g/mol. The van der Waals surface area contributed by atoms with E-state index in [1.165, 1.54) is 13.2 Å².